The van der Waals surface area contributed by atoms with Crippen molar-refractivity contribution in [1.82, 2.24) is 9.97 Å². The third-order valence-corrected chi connectivity index (χ3v) is 5.78. The van der Waals surface area contributed by atoms with Crippen LogP contribution in [0.1, 0.15) is 0 Å². The molecular formula is C20H15N3O3S2. The number of benzene rings is 2. The number of aromatic nitrogens is 2. The number of ether oxygens (including phenoxy) is 1. The number of thiophene rings is 1. The van der Waals surface area contributed by atoms with Gasteiger partial charge in [-0.15, -0.1) is 11.3 Å². The lowest BCUT2D eigenvalue weighted by atomic mass is 10.1. The molecule has 0 radical (unpaired) electrons. The fraction of sp³-hybridized carbons (Fsp3) is 0.100. The first-order valence-corrected chi connectivity index (χ1v) is 10.3. The smallest absolute Gasteiger partial charge is 0.316 e. The van der Waals surface area contributed by atoms with Gasteiger partial charge in [0.15, 0.2) is 6.61 Å². The number of carbonyl (C=O) groups excluding carboxylic acids is 2. The Morgan fingerprint density at radius 3 is 2.82 bits per heavy atom. The van der Waals surface area contributed by atoms with Crippen LogP contribution in [0.4, 0.5) is 5.69 Å². The fourth-order valence-electron chi connectivity index (χ4n) is 2.72. The van der Waals surface area contributed by atoms with Crippen LogP contribution in [0.25, 0.3) is 21.0 Å². The van der Waals surface area contributed by atoms with Crippen LogP contribution in [0, 0.1) is 0 Å². The Kier molecular flexibility index (Phi) is 5.50. The van der Waals surface area contributed by atoms with Crippen molar-refractivity contribution in [3.05, 3.63) is 60.2 Å². The highest BCUT2D eigenvalue weighted by Gasteiger charge is 2.12. The summed E-state index contributed by atoms with van der Waals surface area (Å²) in [6.07, 6.45) is 1.48. The second-order valence-corrected chi connectivity index (χ2v) is 7.70. The van der Waals surface area contributed by atoms with Crippen molar-refractivity contribution in [3.63, 3.8) is 0 Å². The lowest BCUT2D eigenvalue weighted by Gasteiger charge is -2.09. The van der Waals surface area contributed by atoms with Gasteiger partial charge in [0.2, 0.25) is 0 Å². The van der Waals surface area contributed by atoms with Crippen LogP contribution >= 0.6 is 23.1 Å². The first kappa shape index (κ1) is 18.4. The van der Waals surface area contributed by atoms with Gasteiger partial charge in [-0.1, -0.05) is 48.2 Å². The van der Waals surface area contributed by atoms with Crippen LogP contribution in [0.2, 0.25) is 0 Å². The van der Waals surface area contributed by atoms with Crippen molar-refractivity contribution < 1.29 is 14.3 Å². The lowest BCUT2D eigenvalue weighted by Crippen LogP contribution is -2.21. The average molecular weight is 409 g/mol. The zero-order chi connectivity index (χ0) is 19.3. The highest BCUT2D eigenvalue weighted by atomic mass is 32.2. The van der Waals surface area contributed by atoms with Crippen LogP contribution in [-0.2, 0) is 14.3 Å². The quantitative estimate of drug-likeness (QED) is 0.293. The topological polar surface area (TPSA) is 81.2 Å². The molecule has 4 rings (SSSR count). The summed E-state index contributed by atoms with van der Waals surface area (Å²) in [7, 11) is 0. The number of carbonyl (C=O) groups is 2. The first-order chi connectivity index (χ1) is 13.7. The van der Waals surface area contributed by atoms with Crippen molar-refractivity contribution in [2.75, 3.05) is 17.7 Å². The molecule has 0 aliphatic rings. The van der Waals surface area contributed by atoms with E-state index in [1.54, 1.807) is 0 Å². The number of rotatable bonds is 6. The summed E-state index contributed by atoms with van der Waals surface area (Å²) < 4.78 is 5.09. The van der Waals surface area contributed by atoms with E-state index in [1.165, 1.54) is 29.4 Å². The molecule has 0 bridgehead atoms. The predicted octanol–water partition coefficient (Wildman–Crippen LogP) is 4.12. The van der Waals surface area contributed by atoms with E-state index in [4.69, 9.17) is 4.74 Å². The van der Waals surface area contributed by atoms with E-state index < -0.39 is 5.97 Å². The first-order valence-electron chi connectivity index (χ1n) is 8.45. The zero-order valence-electron chi connectivity index (χ0n) is 14.6. The van der Waals surface area contributed by atoms with Gasteiger partial charge in [0.05, 0.1) is 5.75 Å². The SMILES string of the molecule is O=C(COC(=O)CSc1ncnc2sccc12)Nc1cccc2ccccc12. The molecule has 0 saturated carbocycles. The predicted molar refractivity (Wildman–Crippen MR) is 112 cm³/mol. The van der Waals surface area contributed by atoms with Gasteiger partial charge in [0.1, 0.15) is 16.2 Å². The molecule has 140 valence electrons. The molecule has 0 saturated heterocycles. The number of anilines is 1. The summed E-state index contributed by atoms with van der Waals surface area (Å²) in [5.41, 5.74) is 0.689. The van der Waals surface area contributed by atoms with Crippen molar-refractivity contribution in [3.8, 4) is 0 Å². The summed E-state index contributed by atoms with van der Waals surface area (Å²) in [4.78, 5) is 33.4. The summed E-state index contributed by atoms with van der Waals surface area (Å²) in [6.45, 7) is -0.333. The minimum atomic E-state index is -0.472. The van der Waals surface area contributed by atoms with E-state index in [9.17, 15) is 9.59 Å². The standard InChI is InChI=1S/C20H15N3O3S2/c24-17(23-16-7-3-5-13-4-1-2-6-14(13)16)10-26-18(25)11-28-20-15-8-9-27-19(15)21-12-22-20/h1-9,12H,10-11H2,(H,23,24). The molecule has 2 aromatic heterocycles. The molecule has 0 spiro atoms. The van der Waals surface area contributed by atoms with Crippen LogP contribution in [0.5, 0.6) is 0 Å². The Hall–Kier alpha value is -2.97. The Morgan fingerprint density at radius 1 is 1.04 bits per heavy atom. The number of nitrogens with zero attached hydrogens (tertiary/aromatic N) is 2. The summed E-state index contributed by atoms with van der Waals surface area (Å²) in [5, 5.41) is 8.32. The van der Waals surface area contributed by atoms with Crippen LogP contribution in [-0.4, -0.2) is 34.2 Å². The summed E-state index contributed by atoms with van der Waals surface area (Å²) in [5.74, 6) is -0.777. The van der Waals surface area contributed by atoms with Crippen molar-refractivity contribution in [1.29, 1.82) is 0 Å². The highest BCUT2D eigenvalue weighted by Crippen LogP contribution is 2.27. The molecular weight excluding hydrogens is 394 g/mol. The maximum Gasteiger partial charge on any atom is 0.316 e. The van der Waals surface area contributed by atoms with E-state index in [2.05, 4.69) is 15.3 Å². The third-order valence-electron chi connectivity index (χ3n) is 3.98. The maximum absolute atomic E-state index is 12.2. The number of fused-ring (bicyclic) bond motifs is 2. The van der Waals surface area contributed by atoms with E-state index >= 15 is 0 Å². The van der Waals surface area contributed by atoms with E-state index in [0.717, 1.165) is 26.0 Å². The van der Waals surface area contributed by atoms with Gasteiger partial charge in [0, 0.05) is 16.5 Å². The molecule has 1 N–H and O–H groups in total. The van der Waals surface area contributed by atoms with Gasteiger partial charge in [-0.2, -0.15) is 0 Å². The molecule has 2 aromatic carbocycles. The number of thioether (sulfide) groups is 1. The second-order valence-electron chi connectivity index (χ2n) is 5.84. The molecule has 6 nitrogen and oxygen atoms in total. The van der Waals surface area contributed by atoms with Crippen molar-refractivity contribution in [2.45, 2.75) is 5.03 Å². The second kappa shape index (κ2) is 8.37. The van der Waals surface area contributed by atoms with Gasteiger partial charge in [0.25, 0.3) is 5.91 Å². The Labute approximate surface area is 169 Å². The largest absolute Gasteiger partial charge is 0.455 e. The minimum absolute atomic E-state index is 0.0729. The zero-order valence-corrected chi connectivity index (χ0v) is 16.3. The number of amides is 1. The van der Waals surface area contributed by atoms with E-state index in [0.29, 0.717) is 5.69 Å². The van der Waals surface area contributed by atoms with Gasteiger partial charge in [-0.3, -0.25) is 9.59 Å². The van der Waals surface area contributed by atoms with Crippen LogP contribution in [0.3, 0.4) is 0 Å². The van der Waals surface area contributed by atoms with E-state index in [-0.39, 0.29) is 18.3 Å². The Balaban J connectivity index is 1.31. The van der Waals surface area contributed by atoms with Gasteiger partial charge >= 0.3 is 5.97 Å². The molecule has 0 aliphatic carbocycles. The van der Waals surface area contributed by atoms with Crippen molar-refractivity contribution >= 4 is 61.7 Å². The van der Waals surface area contributed by atoms with Gasteiger partial charge < -0.3 is 10.1 Å². The average Bonchev–Trinajstić information content (AvgIpc) is 3.20. The monoisotopic (exact) mass is 409 g/mol. The van der Waals surface area contributed by atoms with Crippen molar-refractivity contribution in [2.24, 2.45) is 0 Å². The number of esters is 1. The molecule has 0 fully saturated rings. The maximum atomic E-state index is 12.2. The van der Waals surface area contributed by atoms with Gasteiger partial charge in [-0.25, -0.2) is 9.97 Å². The molecule has 1 amide bonds. The molecule has 4 aromatic rings. The highest BCUT2D eigenvalue weighted by molar-refractivity contribution is 8.00. The molecule has 28 heavy (non-hydrogen) atoms. The molecule has 8 heteroatoms. The molecule has 0 atom stereocenters. The number of nitrogens with one attached hydrogen (secondary N) is 1. The van der Waals surface area contributed by atoms with Crippen LogP contribution < -0.4 is 5.32 Å². The Bertz CT molecular complexity index is 1150. The van der Waals surface area contributed by atoms with Gasteiger partial charge in [-0.05, 0) is 22.9 Å². The number of hydrogen-bond donors (Lipinski definition) is 1. The third kappa shape index (κ3) is 4.13. The Morgan fingerprint density at radius 2 is 1.89 bits per heavy atom. The molecule has 2 heterocycles. The van der Waals surface area contributed by atoms with Crippen LogP contribution in [0.15, 0.2) is 65.3 Å². The minimum Gasteiger partial charge on any atom is -0.455 e. The summed E-state index contributed by atoms with van der Waals surface area (Å²) in [6, 6.07) is 15.3. The normalized spacial score (nSPS) is 10.9. The molecule has 0 unspecified atom stereocenters. The number of hydrogen-bond acceptors (Lipinski definition) is 7. The molecule has 0 aliphatic heterocycles. The fourth-order valence-corrected chi connectivity index (χ4v) is 4.30. The lowest BCUT2D eigenvalue weighted by molar-refractivity contribution is -0.144. The van der Waals surface area contributed by atoms with E-state index in [1.807, 2.05) is 53.9 Å². The summed E-state index contributed by atoms with van der Waals surface area (Å²) >= 11 is 2.79.